The lowest BCUT2D eigenvalue weighted by molar-refractivity contribution is -0.149. The number of likely N-dealkylation sites (tertiary alicyclic amines) is 1. The molecule has 1 aromatic rings. The van der Waals surface area contributed by atoms with Gasteiger partial charge in [-0.1, -0.05) is 26.0 Å². The van der Waals surface area contributed by atoms with Crippen LogP contribution < -0.4 is 20.3 Å². The van der Waals surface area contributed by atoms with Crippen LogP contribution in [0.3, 0.4) is 0 Å². The number of amides is 4. The molecule has 0 spiro atoms. The SMILES string of the molecule is CCOc1ccc(OC(C)C(=O)NNC(=O)C(CC(C)C)N2C(=O)C3CC=CCC3C2=O)cc1. The van der Waals surface area contributed by atoms with E-state index in [-0.39, 0.29) is 17.7 Å². The molecule has 1 aliphatic carbocycles. The highest BCUT2D eigenvalue weighted by Crippen LogP contribution is 2.37. The summed E-state index contributed by atoms with van der Waals surface area (Å²) in [6.07, 6.45) is 4.20. The zero-order chi connectivity index (χ0) is 24.8. The number of ether oxygens (including phenoxy) is 2. The van der Waals surface area contributed by atoms with E-state index < -0.39 is 35.8 Å². The zero-order valence-corrected chi connectivity index (χ0v) is 20.1. The predicted octanol–water partition coefficient (Wildman–Crippen LogP) is 2.37. The van der Waals surface area contributed by atoms with Crippen molar-refractivity contribution in [1.82, 2.24) is 15.8 Å². The molecule has 9 heteroatoms. The van der Waals surface area contributed by atoms with E-state index >= 15 is 0 Å². The smallest absolute Gasteiger partial charge is 0.279 e. The Labute approximate surface area is 199 Å². The highest BCUT2D eigenvalue weighted by molar-refractivity contribution is 6.08. The number of nitrogens with one attached hydrogen (secondary N) is 2. The van der Waals surface area contributed by atoms with Gasteiger partial charge < -0.3 is 9.47 Å². The minimum atomic E-state index is -0.992. The number of rotatable bonds is 9. The van der Waals surface area contributed by atoms with Crippen LogP contribution in [0.5, 0.6) is 11.5 Å². The van der Waals surface area contributed by atoms with Crippen molar-refractivity contribution in [2.24, 2.45) is 17.8 Å². The zero-order valence-electron chi connectivity index (χ0n) is 20.1. The molecular formula is C25H33N3O6. The van der Waals surface area contributed by atoms with Gasteiger partial charge in [-0.15, -0.1) is 0 Å². The Morgan fingerprint density at radius 1 is 0.941 bits per heavy atom. The third kappa shape index (κ3) is 5.76. The molecule has 0 radical (unpaired) electrons. The third-order valence-electron chi connectivity index (χ3n) is 5.98. The number of nitrogens with zero attached hydrogens (tertiary/aromatic N) is 1. The number of hydrogen-bond acceptors (Lipinski definition) is 6. The standard InChI is InChI=1S/C25H33N3O6/c1-5-33-17-10-12-18(13-11-17)34-16(4)22(29)26-27-23(30)21(14-15(2)3)28-24(31)19-8-6-7-9-20(19)25(28)32/h6-7,10-13,15-16,19-21H,5,8-9,14H2,1-4H3,(H,26,29)(H,27,30). The maximum absolute atomic E-state index is 13.0. The van der Waals surface area contributed by atoms with Crippen LogP contribution in [0, 0.1) is 17.8 Å². The molecule has 1 aromatic carbocycles. The van der Waals surface area contributed by atoms with E-state index in [1.165, 1.54) is 0 Å². The van der Waals surface area contributed by atoms with Crippen LogP contribution in [0.25, 0.3) is 0 Å². The number of imide groups is 1. The average molecular weight is 472 g/mol. The number of benzene rings is 1. The van der Waals surface area contributed by atoms with Crippen molar-refractivity contribution in [1.29, 1.82) is 0 Å². The molecule has 4 atom stereocenters. The molecule has 34 heavy (non-hydrogen) atoms. The molecule has 2 N–H and O–H groups in total. The fourth-order valence-corrected chi connectivity index (χ4v) is 4.26. The van der Waals surface area contributed by atoms with Crippen LogP contribution in [0.15, 0.2) is 36.4 Å². The summed E-state index contributed by atoms with van der Waals surface area (Å²) >= 11 is 0. The van der Waals surface area contributed by atoms with Gasteiger partial charge in [-0.25, -0.2) is 0 Å². The van der Waals surface area contributed by atoms with Crippen LogP contribution in [-0.2, 0) is 19.2 Å². The van der Waals surface area contributed by atoms with Crippen LogP contribution in [-0.4, -0.2) is 47.3 Å². The van der Waals surface area contributed by atoms with Gasteiger partial charge in [0.05, 0.1) is 18.4 Å². The van der Waals surface area contributed by atoms with Crippen molar-refractivity contribution in [3.05, 3.63) is 36.4 Å². The van der Waals surface area contributed by atoms with Crippen LogP contribution in [0.2, 0.25) is 0 Å². The average Bonchev–Trinajstić information content (AvgIpc) is 3.07. The van der Waals surface area contributed by atoms with Gasteiger partial charge in [0.25, 0.3) is 11.8 Å². The fourth-order valence-electron chi connectivity index (χ4n) is 4.26. The quantitative estimate of drug-likeness (QED) is 0.325. The molecule has 1 heterocycles. The molecule has 3 rings (SSSR count). The molecule has 4 unspecified atom stereocenters. The second-order valence-corrected chi connectivity index (χ2v) is 8.99. The highest BCUT2D eigenvalue weighted by atomic mass is 16.5. The number of hydrogen-bond donors (Lipinski definition) is 2. The van der Waals surface area contributed by atoms with Crippen LogP contribution in [0.4, 0.5) is 0 Å². The number of carbonyl (C=O) groups is 4. The Morgan fingerprint density at radius 3 is 2.00 bits per heavy atom. The lowest BCUT2D eigenvalue weighted by Gasteiger charge is -2.27. The molecular weight excluding hydrogens is 438 g/mol. The lowest BCUT2D eigenvalue weighted by Crippen LogP contribution is -2.56. The van der Waals surface area contributed by atoms with Gasteiger partial charge in [-0.2, -0.15) is 0 Å². The second-order valence-electron chi connectivity index (χ2n) is 8.99. The fraction of sp³-hybridized carbons (Fsp3) is 0.520. The predicted molar refractivity (Wildman–Crippen MR) is 124 cm³/mol. The molecule has 9 nitrogen and oxygen atoms in total. The van der Waals surface area contributed by atoms with E-state index in [2.05, 4.69) is 10.9 Å². The van der Waals surface area contributed by atoms with Gasteiger partial charge in [0.2, 0.25) is 11.8 Å². The van der Waals surface area contributed by atoms with Crippen molar-refractivity contribution >= 4 is 23.6 Å². The summed E-state index contributed by atoms with van der Waals surface area (Å²) < 4.78 is 11.0. The molecule has 0 saturated carbocycles. The maximum atomic E-state index is 13.0. The van der Waals surface area contributed by atoms with Crippen molar-refractivity contribution in [3.63, 3.8) is 0 Å². The van der Waals surface area contributed by atoms with Crippen LogP contribution >= 0.6 is 0 Å². The van der Waals surface area contributed by atoms with Gasteiger partial charge in [0.1, 0.15) is 17.5 Å². The van der Waals surface area contributed by atoms with E-state index in [1.807, 2.05) is 32.9 Å². The number of hydrazine groups is 1. The largest absolute Gasteiger partial charge is 0.494 e. The van der Waals surface area contributed by atoms with Crippen molar-refractivity contribution in [3.8, 4) is 11.5 Å². The molecule has 1 saturated heterocycles. The van der Waals surface area contributed by atoms with Gasteiger partial charge in [-0.05, 0) is 63.3 Å². The summed E-state index contributed by atoms with van der Waals surface area (Å²) in [5, 5.41) is 0. The van der Waals surface area contributed by atoms with E-state index in [1.54, 1.807) is 31.2 Å². The topological polar surface area (TPSA) is 114 Å². The summed E-state index contributed by atoms with van der Waals surface area (Å²) in [6, 6.07) is 5.85. The monoisotopic (exact) mass is 471 g/mol. The molecule has 2 aliphatic rings. The Balaban J connectivity index is 1.60. The van der Waals surface area contributed by atoms with Gasteiger partial charge >= 0.3 is 0 Å². The third-order valence-corrected chi connectivity index (χ3v) is 5.98. The van der Waals surface area contributed by atoms with E-state index in [0.717, 1.165) is 4.90 Å². The number of allylic oxidation sites excluding steroid dienone is 2. The Bertz CT molecular complexity index is 916. The molecule has 184 valence electrons. The number of carbonyl (C=O) groups excluding carboxylic acids is 4. The Kier molecular flexibility index (Phi) is 8.31. The first-order chi connectivity index (χ1) is 16.2. The van der Waals surface area contributed by atoms with Crippen molar-refractivity contribution in [2.45, 2.75) is 59.1 Å². The highest BCUT2D eigenvalue weighted by Gasteiger charge is 2.51. The van der Waals surface area contributed by atoms with Crippen LogP contribution in [0.1, 0.15) is 47.0 Å². The van der Waals surface area contributed by atoms with Crippen molar-refractivity contribution in [2.75, 3.05) is 6.61 Å². The van der Waals surface area contributed by atoms with E-state index in [9.17, 15) is 19.2 Å². The van der Waals surface area contributed by atoms with E-state index in [0.29, 0.717) is 37.4 Å². The van der Waals surface area contributed by atoms with Crippen molar-refractivity contribution < 1.29 is 28.7 Å². The molecule has 0 aromatic heterocycles. The Morgan fingerprint density at radius 2 is 1.47 bits per heavy atom. The van der Waals surface area contributed by atoms with E-state index in [4.69, 9.17) is 9.47 Å². The molecule has 1 fully saturated rings. The minimum Gasteiger partial charge on any atom is -0.494 e. The first kappa shape index (κ1) is 25.3. The second kappa shape index (κ2) is 11.2. The normalized spacial score (nSPS) is 21.1. The molecule has 4 amide bonds. The van der Waals surface area contributed by atoms with Gasteiger partial charge in [0.15, 0.2) is 6.10 Å². The summed E-state index contributed by atoms with van der Waals surface area (Å²) in [7, 11) is 0. The minimum absolute atomic E-state index is 0.0507. The maximum Gasteiger partial charge on any atom is 0.279 e. The summed E-state index contributed by atoms with van der Waals surface area (Å²) in [6.45, 7) is 7.80. The summed E-state index contributed by atoms with van der Waals surface area (Å²) in [5.74, 6) is -1.44. The first-order valence-corrected chi connectivity index (χ1v) is 11.7. The lowest BCUT2D eigenvalue weighted by atomic mass is 9.85. The Hall–Kier alpha value is -3.36. The number of fused-ring (bicyclic) bond motifs is 1. The molecule has 0 bridgehead atoms. The summed E-state index contributed by atoms with van der Waals surface area (Å²) in [4.78, 5) is 52.5. The molecule has 1 aliphatic heterocycles. The van der Waals surface area contributed by atoms with Gasteiger partial charge in [0, 0.05) is 0 Å². The summed E-state index contributed by atoms with van der Waals surface area (Å²) in [5.41, 5.74) is 4.73. The van der Waals surface area contributed by atoms with Gasteiger partial charge in [-0.3, -0.25) is 34.9 Å². The first-order valence-electron chi connectivity index (χ1n) is 11.7.